The van der Waals surface area contributed by atoms with Gasteiger partial charge in [-0.25, -0.2) is 0 Å². The highest BCUT2D eigenvalue weighted by Gasteiger charge is 2.06. The number of benzene rings is 1. The Balaban J connectivity index is 2.99. The summed E-state index contributed by atoms with van der Waals surface area (Å²) in [5.74, 6) is 0.643. The molecule has 1 rings (SSSR count). The summed E-state index contributed by atoms with van der Waals surface area (Å²) in [4.78, 5) is 0. The summed E-state index contributed by atoms with van der Waals surface area (Å²) in [6.07, 6.45) is 5.36. The van der Waals surface area contributed by atoms with E-state index >= 15 is 0 Å². The van der Waals surface area contributed by atoms with Gasteiger partial charge in [0.15, 0.2) is 0 Å². The molecular formula is C19H27N. The van der Waals surface area contributed by atoms with Crippen molar-refractivity contribution < 1.29 is 0 Å². The molecule has 0 radical (unpaired) electrons. The first-order chi connectivity index (χ1) is 9.45. The van der Waals surface area contributed by atoms with Gasteiger partial charge in [-0.3, -0.25) is 0 Å². The quantitative estimate of drug-likeness (QED) is 0.708. The maximum Gasteiger partial charge on any atom is 0.00278 e. The first-order valence-corrected chi connectivity index (χ1v) is 7.25. The molecule has 0 unspecified atom stereocenters. The van der Waals surface area contributed by atoms with Crippen LogP contribution in [0.15, 0.2) is 54.3 Å². The van der Waals surface area contributed by atoms with Crippen LogP contribution in [-0.2, 0) is 0 Å². The van der Waals surface area contributed by atoms with Gasteiger partial charge in [-0.1, -0.05) is 50.8 Å². The number of hydrogen-bond acceptors (Lipinski definition) is 1. The van der Waals surface area contributed by atoms with Crippen molar-refractivity contribution in [1.82, 2.24) is 5.32 Å². The normalized spacial score (nSPS) is 12.7. The van der Waals surface area contributed by atoms with Crippen LogP contribution in [0.4, 0.5) is 0 Å². The molecule has 0 aliphatic heterocycles. The van der Waals surface area contributed by atoms with Crippen LogP contribution in [0.1, 0.15) is 38.3 Å². The van der Waals surface area contributed by atoms with E-state index in [0.717, 1.165) is 12.0 Å². The van der Waals surface area contributed by atoms with Crippen LogP contribution in [0.3, 0.4) is 0 Å². The van der Waals surface area contributed by atoms with Crippen molar-refractivity contribution >= 4 is 5.57 Å². The molecule has 1 aromatic rings. The lowest BCUT2D eigenvalue weighted by Crippen LogP contribution is -2.01. The third-order valence-corrected chi connectivity index (χ3v) is 3.33. The van der Waals surface area contributed by atoms with E-state index in [1.165, 1.54) is 22.3 Å². The van der Waals surface area contributed by atoms with Crippen LogP contribution in [0, 0.1) is 12.8 Å². The summed E-state index contributed by atoms with van der Waals surface area (Å²) in [5, 5.41) is 3.15. The molecule has 0 aliphatic rings. The summed E-state index contributed by atoms with van der Waals surface area (Å²) in [5.41, 5.74) is 6.19. The molecule has 1 heteroatoms. The Bertz CT molecular complexity index is 518. The van der Waals surface area contributed by atoms with Crippen molar-refractivity contribution in [3.8, 4) is 0 Å². The smallest absolute Gasteiger partial charge is 0.00278 e. The van der Waals surface area contributed by atoms with Gasteiger partial charge >= 0.3 is 0 Å². The van der Waals surface area contributed by atoms with Crippen LogP contribution >= 0.6 is 0 Å². The fourth-order valence-electron chi connectivity index (χ4n) is 2.31. The number of nitrogens with one attached hydrogen (secondary N) is 1. The van der Waals surface area contributed by atoms with Crippen LogP contribution < -0.4 is 5.32 Å². The van der Waals surface area contributed by atoms with Crippen LogP contribution in [0.2, 0.25) is 0 Å². The standard InChI is InChI=1S/C19H27N/c1-14(2)11-18(13-20-6)16(4)12-17(5)19-10-8-7-9-15(19)3/h7-10,12-14,20H,5,11H2,1-4,6H3/b16-12-,18-13-. The molecule has 0 heterocycles. The Morgan fingerprint density at radius 2 is 1.95 bits per heavy atom. The average Bonchev–Trinajstić information content (AvgIpc) is 2.38. The van der Waals surface area contributed by atoms with Crippen LogP contribution in [-0.4, -0.2) is 7.05 Å². The largest absolute Gasteiger partial charge is 0.394 e. The zero-order valence-electron chi connectivity index (χ0n) is 13.5. The Kier molecular flexibility index (Phi) is 6.30. The highest BCUT2D eigenvalue weighted by Crippen LogP contribution is 2.24. The minimum absolute atomic E-state index is 0.643. The summed E-state index contributed by atoms with van der Waals surface area (Å²) in [7, 11) is 1.95. The van der Waals surface area contributed by atoms with Crippen molar-refractivity contribution in [3.05, 3.63) is 65.4 Å². The van der Waals surface area contributed by atoms with Crippen molar-refractivity contribution in [2.75, 3.05) is 7.05 Å². The molecule has 0 atom stereocenters. The highest BCUT2D eigenvalue weighted by molar-refractivity contribution is 5.75. The Hall–Kier alpha value is -1.76. The van der Waals surface area contributed by atoms with E-state index in [2.05, 4.69) is 76.1 Å². The monoisotopic (exact) mass is 269 g/mol. The van der Waals surface area contributed by atoms with Crippen molar-refractivity contribution in [1.29, 1.82) is 0 Å². The molecule has 0 amide bonds. The van der Waals surface area contributed by atoms with Gasteiger partial charge in [-0.05, 0) is 60.2 Å². The molecule has 20 heavy (non-hydrogen) atoms. The predicted octanol–water partition coefficient (Wildman–Crippen LogP) is 5.10. The Morgan fingerprint density at radius 1 is 1.30 bits per heavy atom. The molecule has 1 nitrogen and oxygen atoms in total. The van der Waals surface area contributed by atoms with Gasteiger partial charge in [-0.15, -0.1) is 0 Å². The molecule has 0 aromatic heterocycles. The van der Waals surface area contributed by atoms with Gasteiger partial charge in [0.25, 0.3) is 0 Å². The van der Waals surface area contributed by atoms with E-state index in [9.17, 15) is 0 Å². The van der Waals surface area contributed by atoms with Crippen LogP contribution in [0.25, 0.3) is 5.57 Å². The number of aryl methyl sites for hydroxylation is 1. The maximum atomic E-state index is 4.22. The van der Waals surface area contributed by atoms with Gasteiger partial charge in [0.2, 0.25) is 0 Å². The summed E-state index contributed by atoms with van der Waals surface area (Å²) < 4.78 is 0. The van der Waals surface area contributed by atoms with E-state index in [1.54, 1.807) is 0 Å². The molecule has 0 saturated carbocycles. The lowest BCUT2D eigenvalue weighted by molar-refractivity contribution is 0.643. The minimum Gasteiger partial charge on any atom is -0.394 e. The predicted molar refractivity (Wildman–Crippen MR) is 90.6 cm³/mol. The SMILES string of the molecule is C=C(/C=C(C)\C(=C/NC)CC(C)C)c1ccccc1C. The summed E-state index contributed by atoms with van der Waals surface area (Å²) in [6.45, 7) is 13.0. The second-order valence-corrected chi connectivity index (χ2v) is 5.72. The second-order valence-electron chi connectivity index (χ2n) is 5.72. The number of rotatable bonds is 6. The molecule has 0 fully saturated rings. The fourth-order valence-corrected chi connectivity index (χ4v) is 2.31. The minimum atomic E-state index is 0.643. The zero-order chi connectivity index (χ0) is 15.1. The van der Waals surface area contributed by atoms with Gasteiger partial charge in [0, 0.05) is 7.05 Å². The first-order valence-electron chi connectivity index (χ1n) is 7.25. The maximum absolute atomic E-state index is 4.22. The fraction of sp³-hybridized carbons (Fsp3) is 0.368. The van der Waals surface area contributed by atoms with Crippen molar-refractivity contribution in [2.45, 2.75) is 34.1 Å². The van der Waals surface area contributed by atoms with Crippen molar-refractivity contribution in [3.63, 3.8) is 0 Å². The molecule has 108 valence electrons. The third-order valence-electron chi connectivity index (χ3n) is 3.33. The average molecular weight is 269 g/mol. The second kappa shape index (κ2) is 7.74. The van der Waals surface area contributed by atoms with E-state index in [0.29, 0.717) is 5.92 Å². The van der Waals surface area contributed by atoms with Gasteiger partial charge in [0.1, 0.15) is 0 Å². The zero-order valence-corrected chi connectivity index (χ0v) is 13.5. The molecule has 0 saturated heterocycles. The lowest BCUT2D eigenvalue weighted by Gasteiger charge is -2.13. The van der Waals surface area contributed by atoms with E-state index in [-0.39, 0.29) is 0 Å². The van der Waals surface area contributed by atoms with Gasteiger partial charge in [-0.2, -0.15) is 0 Å². The Morgan fingerprint density at radius 3 is 2.50 bits per heavy atom. The highest BCUT2D eigenvalue weighted by atomic mass is 14.8. The third kappa shape index (κ3) is 4.73. The summed E-state index contributed by atoms with van der Waals surface area (Å²) in [6, 6.07) is 8.39. The van der Waals surface area contributed by atoms with Crippen LogP contribution in [0.5, 0.6) is 0 Å². The van der Waals surface area contributed by atoms with Gasteiger partial charge < -0.3 is 5.32 Å². The molecule has 0 spiro atoms. The number of allylic oxidation sites excluding steroid dienone is 4. The first kappa shape index (κ1) is 16.3. The van der Waals surface area contributed by atoms with E-state index in [1.807, 2.05) is 7.05 Å². The Labute approximate surface area is 124 Å². The van der Waals surface area contributed by atoms with Gasteiger partial charge in [0.05, 0.1) is 0 Å². The van der Waals surface area contributed by atoms with Crippen molar-refractivity contribution in [2.24, 2.45) is 5.92 Å². The van der Waals surface area contributed by atoms with E-state index in [4.69, 9.17) is 0 Å². The topological polar surface area (TPSA) is 12.0 Å². The lowest BCUT2D eigenvalue weighted by atomic mass is 9.94. The van der Waals surface area contributed by atoms with E-state index < -0.39 is 0 Å². The summed E-state index contributed by atoms with van der Waals surface area (Å²) >= 11 is 0. The molecular weight excluding hydrogens is 242 g/mol. The molecule has 0 aliphatic carbocycles. The molecule has 0 bridgehead atoms. The number of hydrogen-bond donors (Lipinski definition) is 1. The molecule has 1 N–H and O–H groups in total. The molecule has 1 aromatic carbocycles.